The van der Waals surface area contributed by atoms with Gasteiger partial charge >= 0.3 is 11.9 Å². The highest BCUT2D eigenvalue weighted by molar-refractivity contribution is 5.90. The van der Waals surface area contributed by atoms with E-state index in [1.165, 1.54) is 6.07 Å². The van der Waals surface area contributed by atoms with Crippen LogP contribution in [0.1, 0.15) is 23.2 Å². The number of rotatable bonds is 5. The summed E-state index contributed by atoms with van der Waals surface area (Å²) in [5.41, 5.74) is 1.39. The summed E-state index contributed by atoms with van der Waals surface area (Å²) in [5.74, 6) is -1.16. The highest BCUT2D eigenvalue weighted by Crippen LogP contribution is 2.25. The summed E-state index contributed by atoms with van der Waals surface area (Å²) >= 11 is 0. The van der Waals surface area contributed by atoms with E-state index < -0.39 is 5.97 Å². The molecule has 0 aliphatic heterocycles. The fourth-order valence-corrected chi connectivity index (χ4v) is 2.67. The molecule has 0 atom stereocenters. The lowest BCUT2D eigenvalue weighted by atomic mass is 10.2. The van der Waals surface area contributed by atoms with Crippen molar-refractivity contribution in [2.75, 3.05) is 6.61 Å². The average molecular weight is 367 g/mol. The topological polar surface area (TPSA) is 95.9 Å². The number of aromatic nitrogens is 5. The smallest absolute Gasteiger partial charge is 0.397 e. The number of fused-ring (bicyclic) bond motifs is 1. The van der Waals surface area contributed by atoms with E-state index in [9.17, 15) is 9.18 Å². The summed E-state index contributed by atoms with van der Waals surface area (Å²) in [6, 6.07) is 9.98. The number of nitrogens with zero attached hydrogens (tertiary/aromatic N) is 5. The zero-order chi connectivity index (χ0) is 18.8. The van der Waals surface area contributed by atoms with E-state index >= 15 is 0 Å². The molecule has 4 aromatic rings. The summed E-state index contributed by atoms with van der Waals surface area (Å²) in [6.45, 7) is 2.06. The molecule has 0 saturated carbocycles. The molecular formula is C18H14FN5O3. The lowest BCUT2D eigenvalue weighted by molar-refractivity contribution is 0.0470. The molecule has 8 nitrogen and oxygen atoms in total. The highest BCUT2D eigenvalue weighted by Gasteiger charge is 2.22. The van der Waals surface area contributed by atoms with Gasteiger partial charge < -0.3 is 9.26 Å². The Bertz CT molecular complexity index is 1120. The number of ether oxygens (including phenoxy) is 1. The number of esters is 1. The molecule has 0 spiro atoms. The van der Waals surface area contributed by atoms with Crippen molar-refractivity contribution >= 4 is 17.0 Å². The van der Waals surface area contributed by atoms with Gasteiger partial charge in [-0.25, -0.2) is 18.9 Å². The number of hydrogen-bond acceptors (Lipinski definition) is 7. The second-order valence-corrected chi connectivity index (χ2v) is 5.62. The van der Waals surface area contributed by atoms with E-state index in [4.69, 9.17) is 9.26 Å². The van der Waals surface area contributed by atoms with Crippen molar-refractivity contribution in [2.24, 2.45) is 0 Å². The van der Waals surface area contributed by atoms with Crippen LogP contribution in [0.2, 0.25) is 0 Å². The van der Waals surface area contributed by atoms with Gasteiger partial charge in [-0.1, -0.05) is 23.4 Å². The number of halogens is 1. The fraction of sp³-hybridized carbons (Fsp3) is 0.167. The van der Waals surface area contributed by atoms with Crippen LogP contribution in [0.3, 0.4) is 0 Å². The van der Waals surface area contributed by atoms with E-state index in [-0.39, 0.29) is 30.7 Å². The van der Waals surface area contributed by atoms with Crippen molar-refractivity contribution in [3.05, 3.63) is 59.9 Å². The molecule has 3 aromatic heterocycles. The van der Waals surface area contributed by atoms with Crippen molar-refractivity contribution in [1.29, 1.82) is 0 Å². The van der Waals surface area contributed by atoms with Crippen LogP contribution >= 0.6 is 0 Å². The third-order valence-electron chi connectivity index (χ3n) is 3.87. The number of benzene rings is 1. The number of carbonyl (C=O) groups excluding carboxylic acids is 1. The molecule has 0 saturated heterocycles. The Morgan fingerprint density at radius 2 is 2.11 bits per heavy atom. The monoisotopic (exact) mass is 367 g/mol. The molecule has 0 fully saturated rings. The first-order valence-electron chi connectivity index (χ1n) is 8.23. The van der Waals surface area contributed by atoms with Gasteiger partial charge in [0.2, 0.25) is 5.82 Å². The first kappa shape index (κ1) is 16.8. The second-order valence-electron chi connectivity index (χ2n) is 5.62. The molecule has 0 N–H and O–H groups in total. The van der Waals surface area contributed by atoms with Gasteiger partial charge in [-0.2, -0.15) is 10.1 Å². The molecule has 4 rings (SSSR count). The standard InChI is InChI=1S/C18H14FN5O3/c1-2-26-18(25)17-21-15(23-27-17)14-12-7-5-9-20-16(12)24(22-14)10-11-6-3-4-8-13(11)19/h3-9H,2,10H2,1H3. The quantitative estimate of drug-likeness (QED) is 0.500. The minimum Gasteiger partial charge on any atom is -0.459 e. The van der Waals surface area contributed by atoms with E-state index in [1.54, 1.807) is 48.1 Å². The van der Waals surface area contributed by atoms with Crippen LogP contribution in [0, 0.1) is 5.82 Å². The largest absolute Gasteiger partial charge is 0.459 e. The average Bonchev–Trinajstić information content (AvgIpc) is 3.29. The van der Waals surface area contributed by atoms with Crippen LogP contribution in [0.4, 0.5) is 4.39 Å². The van der Waals surface area contributed by atoms with Gasteiger partial charge in [0.1, 0.15) is 11.5 Å². The van der Waals surface area contributed by atoms with Crippen molar-refractivity contribution in [2.45, 2.75) is 13.5 Å². The first-order valence-corrected chi connectivity index (χ1v) is 8.23. The van der Waals surface area contributed by atoms with Gasteiger partial charge in [0.25, 0.3) is 0 Å². The summed E-state index contributed by atoms with van der Waals surface area (Å²) in [6.07, 6.45) is 1.62. The predicted molar refractivity (Wildman–Crippen MR) is 92.3 cm³/mol. The third-order valence-corrected chi connectivity index (χ3v) is 3.87. The third kappa shape index (κ3) is 3.14. The summed E-state index contributed by atoms with van der Waals surface area (Å²) < 4.78 is 25.4. The fourth-order valence-electron chi connectivity index (χ4n) is 2.67. The molecule has 9 heteroatoms. The molecule has 0 amide bonds. The van der Waals surface area contributed by atoms with E-state index in [0.717, 1.165) is 0 Å². The van der Waals surface area contributed by atoms with Crippen molar-refractivity contribution < 1.29 is 18.4 Å². The van der Waals surface area contributed by atoms with Crippen molar-refractivity contribution in [3.63, 3.8) is 0 Å². The van der Waals surface area contributed by atoms with Crippen LogP contribution in [-0.4, -0.2) is 37.5 Å². The maximum atomic E-state index is 14.0. The minimum absolute atomic E-state index is 0.128. The SMILES string of the molecule is CCOC(=O)c1nc(-c2nn(Cc3ccccc3F)c3ncccc23)no1. The van der Waals surface area contributed by atoms with Gasteiger partial charge in [0.05, 0.1) is 18.5 Å². The molecule has 3 heterocycles. The van der Waals surface area contributed by atoms with Crippen LogP contribution in [0.15, 0.2) is 47.1 Å². The maximum absolute atomic E-state index is 14.0. The number of carbonyl (C=O) groups is 1. The second kappa shape index (κ2) is 6.94. The minimum atomic E-state index is -0.704. The molecule has 0 aliphatic carbocycles. The Morgan fingerprint density at radius 1 is 1.26 bits per heavy atom. The van der Waals surface area contributed by atoms with E-state index in [2.05, 4.69) is 20.2 Å². The van der Waals surface area contributed by atoms with Crippen molar-refractivity contribution in [1.82, 2.24) is 24.9 Å². The summed E-state index contributed by atoms with van der Waals surface area (Å²) in [5, 5.41) is 8.94. The van der Waals surface area contributed by atoms with Crippen LogP contribution in [0.25, 0.3) is 22.6 Å². The Morgan fingerprint density at radius 3 is 2.93 bits per heavy atom. The van der Waals surface area contributed by atoms with Crippen LogP contribution in [-0.2, 0) is 11.3 Å². The Hall–Kier alpha value is -3.62. The molecule has 1 aromatic carbocycles. The first-order chi connectivity index (χ1) is 13.2. The summed E-state index contributed by atoms with van der Waals surface area (Å²) in [4.78, 5) is 20.1. The molecule has 0 unspecified atom stereocenters. The maximum Gasteiger partial charge on any atom is 0.397 e. The number of hydrogen-bond donors (Lipinski definition) is 0. The molecular weight excluding hydrogens is 353 g/mol. The van der Waals surface area contributed by atoms with Crippen molar-refractivity contribution in [3.8, 4) is 11.5 Å². The van der Waals surface area contributed by atoms with Crippen LogP contribution < -0.4 is 0 Å². The van der Waals surface area contributed by atoms with Gasteiger partial charge in [-0.3, -0.25) is 0 Å². The number of pyridine rings is 1. The van der Waals surface area contributed by atoms with Gasteiger partial charge in [0, 0.05) is 11.8 Å². The lowest BCUT2D eigenvalue weighted by Crippen LogP contribution is -2.05. The molecule has 27 heavy (non-hydrogen) atoms. The molecule has 0 bridgehead atoms. The summed E-state index contributed by atoms with van der Waals surface area (Å²) in [7, 11) is 0. The highest BCUT2D eigenvalue weighted by atomic mass is 19.1. The zero-order valence-electron chi connectivity index (χ0n) is 14.3. The Balaban J connectivity index is 1.76. The van der Waals surface area contributed by atoms with Gasteiger partial charge in [-0.15, -0.1) is 0 Å². The Labute approximate surface area is 152 Å². The van der Waals surface area contributed by atoms with E-state index in [0.29, 0.717) is 22.3 Å². The Kier molecular flexibility index (Phi) is 4.33. The normalized spacial score (nSPS) is 11.0. The molecule has 136 valence electrons. The van der Waals surface area contributed by atoms with Gasteiger partial charge in [0.15, 0.2) is 5.65 Å². The molecule has 0 radical (unpaired) electrons. The lowest BCUT2D eigenvalue weighted by Gasteiger charge is -2.04. The predicted octanol–water partition coefficient (Wildman–Crippen LogP) is 2.85. The molecule has 0 aliphatic rings. The van der Waals surface area contributed by atoms with Crippen LogP contribution in [0.5, 0.6) is 0 Å². The zero-order valence-corrected chi connectivity index (χ0v) is 14.3. The van der Waals surface area contributed by atoms with E-state index in [1.807, 2.05) is 0 Å². The van der Waals surface area contributed by atoms with Gasteiger partial charge in [-0.05, 0) is 25.1 Å².